The molecule has 0 saturated heterocycles. The smallest absolute Gasteiger partial charge is 0.248 e. The number of hydrogen-bond donors (Lipinski definition) is 1. The lowest BCUT2D eigenvalue weighted by atomic mass is 10.2. The van der Waals surface area contributed by atoms with Crippen LogP contribution in [0.25, 0.3) is 16.7 Å². The number of carbonyl (C=O) groups excluding carboxylic acids is 1. The van der Waals surface area contributed by atoms with E-state index in [-0.39, 0.29) is 12.6 Å². The molecule has 1 amide bonds. The van der Waals surface area contributed by atoms with Crippen LogP contribution in [0, 0.1) is 6.92 Å². The third-order valence-corrected chi connectivity index (χ3v) is 7.43. The summed E-state index contributed by atoms with van der Waals surface area (Å²) in [6.07, 6.45) is 9.08. The second-order valence-electron chi connectivity index (χ2n) is 11.0. The normalized spacial score (nSPS) is 13.9. The average molecular weight is 609 g/mol. The lowest BCUT2D eigenvalue weighted by Crippen LogP contribution is -2.35. The monoisotopic (exact) mass is 608 g/mol. The third-order valence-electron chi connectivity index (χ3n) is 7.43. The number of nitrogens with one attached hydrogen (secondary N) is 1. The van der Waals surface area contributed by atoms with Gasteiger partial charge in [-0.05, 0) is 64.2 Å². The summed E-state index contributed by atoms with van der Waals surface area (Å²) in [5.74, 6) is 3.18. The summed E-state index contributed by atoms with van der Waals surface area (Å²) in [5, 5.41) is 7.54. The van der Waals surface area contributed by atoms with Crippen molar-refractivity contribution in [3.05, 3.63) is 73.0 Å². The molecule has 1 aliphatic heterocycles. The van der Waals surface area contributed by atoms with Gasteiger partial charge in [0.05, 0.1) is 5.52 Å². The summed E-state index contributed by atoms with van der Waals surface area (Å²) in [7, 11) is 3.93. The molecule has 0 spiro atoms. The van der Waals surface area contributed by atoms with Crippen LogP contribution in [0.3, 0.4) is 0 Å². The molecule has 5 heterocycles. The van der Waals surface area contributed by atoms with E-state index in [1.54, 1.807) is 15.5 Å². The molecular formula is C32H36N10O3. The summed E-state index contributed by atoms with van der Waals surface area (Å²) in [6, 6.07) is 11.4. The van der Waals surface area contributed by atoms with Crippen LogP contribution in [0.4, 0.5) is 17.3 Å². The maximum absolute atomic E-state index is 12.9. The van der Waals surface area contributed by atoms with E-state index in [0.29, 0.717) is 52.9 Å². The number of aromatic nitrogens is 6. The van der Waals surface area contributed by atoms with Crippen LogP contribution in [-0.4, -0.2) is 92.3 Å². The fourth-order valence-corrected chi connectivity index (χ4v) is 5.07. The second kappa shape index (κ2) is 13.1. The Bertz CT molecular complexity index is 1850. The fourth-order valence-electron chi connectivity index (χ4n) is 5.07. The quantitative estimate of drug-likeness (QED) is 0.252. The van der Waals surface area contributed by atoms with E-state index in [1.807, 2.05) is 74.6 Å². The predicted molar refractivity (Wildman–Crippen MR) is 172 cm³/mol. The molecular weight excluding hydrogens is 572 g/mol. The van der Waals surface area contributed by atoms with Gasteiger partial charge in [-0.1, -0.05) is 6.08 Å². The van der Waals surface area contributed by atoms with Crippen LogP contribution >= 0.6 is 0 Å². The molecule has 0 fully saturated rings. The Kier molecular flexibility index (Phi) is 8.69. The first-order valence-electron chi connectivity index (χ1n) is 14.9. The van der Waals surface area contributed by atoms with Crippen LogP contribution in [-0.2, 0) is 4.79 Å². The molecule has 5 aromatic rings. The first kappa shape index (κ1) is 29.8. The maximum atomic E-state index is 12.9. The minimum Gasteiger partial charge on any atom is -0.469 e. The van der Waals surface area contributed by atoms with E-state index in [9.17, 15) is 4.79 Å². The molecule has 0 saturated carbocycles. The van der Waals surface area contributed by atoms with Gasteiger partial charge in [-0.25, -0.2) is 24.5 Å². The van der Waals surface area contributed by atoms with Crippen LogP contribution in [0.15, 0.2) is 67.4 Å². The number of ether oxygens (including phenoxy) is 2. The molecule has 0 aliphatic carbocycles. The topological polar surface area (TPSA) is 126 Å². The van der Waals surface area contributed by atoms with Crippen molar-refractivity contribution in [3.8, 4) is 17.2 Å². The van der Waals surface area contributed by atoms with E-state index in [4.69, 9.17) is 14.5 Å². The van der Waals surface area contributed by atoms with E-state index < -0.39 is 0 Å². The van der Waals surface area contributed by atoms with Gasteiger partial charge in [-0.15, -0.1) is 0 Å². The number of likely N-dealkylation sites (N-methyl/N-ethyl adjacent to an activating group) is 1. The molecule has 13 heteroatoms. The zero-order valence-electron chi connectivity index (χ0n) is 25.8. The van der Waals surface area contributed by atoms with Crippen molar-refractivity contribution in [2.24, 2.45) is 0 Å². The van der Waals surface area contributed by atoms with Gasteiger partial charge in [0, 0.05) is 56.3 Å². The number of fused-ring (bicyclic) bond motifs is 3. The Morgan fingerprint density at radius 1 is 1.11 bits per heavy atom. The zero-order valence-corrected chi connectivity index (χ0v) is 25.8. The molecule has 1 aliphatic rings. The van der Waals surface area contributed by atoms with Gasteiger partial charge < -0.3 is 29.5 Å². The number of carbonyl (C=O) groups is 1. The lowest BCUT2D eigenvalue weighted by molar-refractivity contribution is -0.128. The summed E-state index contributed by atoms with van der Waals surface area (Å²) in [6.45, 7) is 6.91. The second-order valence-corrected chi connectivity index (χ2v) is 11.0. The van der Waals surface area contributed by atoms with Crippen molar-refractivity contribution in [2.45, 2.75) is 20.3 Å². The minimum absolute atomic E-state index is 0.0750. The Hall–Kier alpha value is -5.30. The minimum atomic E-state index is -0.0750. The van der Waals surface area contributed by atoms with Crippen molar-refractivity contribution in [2.75, 3.05) is 57.2 Å². The fraction of sp³-hybridized carbons (Fsp3) is 0.312. The highest BCUT2D eigenvalue weighted by molar-refractivity contribution is 5.90. The van der Waals surface area contributed by atoms with E-state index in [1.165, 1.54) is 12.7 Å². The molecule has 13 nitrogen and oxygen atoms in total. The highest BCUT2D eigenvalue weighted by Gasteiger charge is 2.22. The van der Waals surface area contributed by atoms with E-state index in [2.05, 4.69) is 37.2 Å². The Morgan fingerprint density at radius 3 is 2.82 bits per heavy atom. The summed E-state index contributed by atoms with van der Waals surface area (Å²) < 4.78 is 14.0. The van der Waals surface area contributed by atoms with Gasteiger partial charge >= 0.3 is 0 Å². The van der Waals surface area contributed by atoms with E-state index >= 15 is 0 Å². The van der Waals surface area contributed by atoms with Gasteiger partial charge in [-0.3, -0.25) is 4.79 Å². The summed E-state index contributed by atoms with van der Waals surface area (Å²) in [4.78, 5) is 37.0. The molecule has 45 heavy (non-hydrogen) atoms. The van der Waals surface area contributed by atoms with Crippen LogP contribution < -0.4 is 19.7 Å². The van der Waals surface area contributed by atoms with Crippen LogP contribution in [0.5, 0.6) is 17.2 Å². The Balaban J connectivity index is 1.23. The van der Waals surface area contributed by atoms with Crippen molar-refractivity contribution in [1.29, 1.82) is 0 Å². The van der Waals surface area contributed by atoms with Gasteiger partial charge in [-0.2, -0.15) is 5.10 Å². The Labute approximate surface area is 261 Å². The first-order chi connectivity index (χ1) is 21.9. The summed E-state index contributed by atoms with van der Waals surface area (Å²) >= 11 is 0. The average Bonchev–Trinajstić information content (AvgIpc) is 3.52. The molecule has 1 aromatic carbocycles. The number of aryl methyl sites for hydroxylation is 1. The first-order valence-corrected chi connectivity index (χ1v) is 14.9. The molecule has 6 rings (SSSR count). The number of benzene rings is 1. The number of nitrogens with zero attached hydrogens (tertiary/aromatic N) is 9. The summed E-state index contributed by atoms with van der Waals surface area (Å²) in [5.41, 5.74) is 3.73. The number of pyridine rings is 2. The molecule has 0 unspecified atom stereocenters. The van der Waals surface area contributed by atoms with Crippen molar-refractivity contribution >= 4 is 39.9 Å². The van der Waals surface area contributed by atoms with Crippen molar-refractivity contribution in [3.63, 3.8) is 0 Å². The number of rotatable bonds is 8. The van der Waals surface area contributed by atoms with Gasteiger partial charge in [0.2, 0.25) is 5.91 Å². The predicted octanol–water partition coefficient (Wildman–Crippen LogP) is 4.42. The molecule has 0 radical (unpaired) electrons. The number of anilines is 3. The molecule has 0 bridgehead atoms. The van der Waals surface area contributed by atoms with Gasteiger partial charge in [0.15, 0.2) is 29.8 Å². The van der Waals surface area contributed by atoms with Crippen molar-refractivity contribution < 1.29 is 14.3 Å². The van der Waals surface area contributed by atoms with E-state index in [0.717, 1.165) is 36.5 Å². The lowest BCUT2D eigenvalue weighted by Gasteiger charge is -2.23. The highest BCUT2D eigenvalue weighted by atomic mass is 16.5. The highest BCUT2D eigenvalue weighted by Crippen LogP contribution is 2.34. The largest absolute Gasteiger partial charge is 0.469 e. The van der Waals surface area contributed by atoms with Crippen molar-refractivity contribution in [1.82, 2.24) is 39.3 Å². The SMILES string of the molecule is CCN1CCCN(C(=O)/C=C/CN(C)C)COc2cc3ncnc(Nc4ccc(Oc5ccn6ncnc6c5)c(C)c4)c3nc21. The standard InChI is InChI=1S/C32H36N10O3/c1-5-40-13-7-14-41(29(43)8-6-12-39(3)4)21-44-27-18-25-30(38-32(27)40)31(35-19-33-25)37-23-9-10-26(22(2)16-23)45-24-11-15-42-28(17-24)34-20-36-42/h6,8-11,15-20H,5,7,12-14,21H2,1-4H3,(H,33,35,37)/b8-6+. The number of hydrogen-bond acceptors (Lipinski definition) is 11. The van der Waals surface area contributed by atoms with Crippen LogP contribution in [0.1, 0.15) is 18.9 Å². The molecule has 232 valence electrons. The zero-order chi connectivity index (χ0) is 31.3. The maximum Gasteiger partial charge on any atom is 0.248 e. The van der Waals surface area contributed by atoms with Gasteiger partial charge in [0.25, 0.3) is 0 Å². The Morgan fingerprint density at radius 2 is 2.00 bits per heavy atom. The van der Waals surface area contributed by atoms with Gasteiger partial charge in [0.1, 0.15) is 29.7 Å². The number of amides is 1. The third kappa shape index (κ3) is 6.78. The molecule has 4 aromatic heterocycles. The van der Waals surface area contributed by atoms with Crippen LogP contribution in [0.2, 0.25) is 0 Å². The molecule has 0 atom stereocenters. The molecule has 1 N–H and O–H groups in total.